The van der Waals surface area contributed by atoms with Gasteiger partial charge in [0.2, 0.25) is 0 Å². The molecular weight excluding hydrogens is 426 g/mol. The standard InChI is InChI=1S/C32H29NSi/c1-34(2,3)32-8-4-6-30(22-32)28-17-13-26(14-18-28)24-9-11-25(12-10-24)27-15-19-29(20-16-27)31-7-5-21-33-23-31/h4-23H,1-3H3. The molecule has 0 radical (unpaired) electrons. The maximum absolute atomic E-state index is 4.22. The van der Waals surface area contributed by atoms with E-state index in [2.05, 4.69) is 128 Å². The van der Waals surface area contributed by atoms with Gasteiger partial charge in [-0.25, -0.2) is 0 Å². The van der Waals surface area contributed by atoms with E-state index < -0.39 is 8.07 Å². The summed E-state index contributed by atoms with van der Waals surface area (Å²) in [5, 5.41) is 1.50. The molecule has 1 heterocycles. The van der Waals surface area contributed by atoms with Gasteiger partial charge in [0, 0.05) is 12.4 Å². The highest BCUT2D eigenvalue weighted by molar-refractivity contribution is 6.88. The number of aromatic nitrogens is 1. The van der Waals surface area contributed by atoms with E-state index in [9.17, 15) is 0 Å². The second-order valence-electron chi connectivity index (χ2n) is 9.80. The van der Waals surface area contributed by atoms with Crippen molar-refractivity contribution in [3.8, 4) is 44.5 Å². The van der Waals surface area contributed by atoms with Gasteiger partial charge in [-0.15, -0.1) is 0 Å². The lowest BCUT2D eigenvalue weighted by Crippen LogP contribution is -2.37. The van der Waals surface area contributed by atoms with Gasteiger partial charge in [0.15, 0.2) is 0 Å². The van der Waals surface area contributed by atoms with E-state index in [-0.39, 0.29) is 0 Å². The maximum atomic E-state index is 4.22. The van der Waals surface area contributed by atoms with Gasteiger partial charge in [-0.05, 0) is 50.6 Å². The van der Waals surface area contributed by atoms with E-state index in [1.54, 1.807) is 6.20 Å². The summed E-state index contributed by atoms with van der Waals surface area (Å²) in [5.74, 6) is 0. The predicted octanol–water partition coefficient (Wildman–Crippen LogP) is 8.29. The SMILES string of the molecule is C[Si](C)(C)c1cccc(-c2ccc(-c3ccc(-c4ccc(-c5cccnc5)cc4)cc3)cc2)c1. The fraction of sp³-hybridized carbons (Fsp3) is 0.0938. The van der Waals surface area contributed by atoms with Gasteiger partial charge in [0.05, 0.1) is 8.07 Å². The molecule has 5 aromatic rings. The van der Waals surface area contributed by atoms with Crippen molar-refractivity contribution in [1.82, 2.24) is 4.98 Å². The smallest absolute Gasteiger partial charge is 0.0776 e. The summed E-state index contributed by atoms with van der Waals surface area (Å²) in [4.78, 5) is 4.22. The molecule has 0 aliphatic carbocycles. The Kier molecular flexibility index (Phi) is 6.00. The van der Waals surface area contributed by atoms with Crippen molar-refractivity contribution in [2.45, 2.75) is 19.6 Å². The van der Waals surface area contributed by atoms with Gasteiger partial charge >= 0.3 is 0 Å². The van der Waals surface area contributed by atoms with E-state index in [4.69, 9.17) is 0 Å². The molecule has 0 fully saturated rings. The molecule has 0 N–H and O–H groups in total. The minimum Gasteiger partial charge on any atom is -0.264 e. The van der Waals surface area contributed by atoms with Crippen LogP contribution in [-0.4, -0.2) is 13.1 Å². The molecule has 4 aromatic carbocycles. The average Bonchev–Trinajstić information content (AvgIpc) is 2.89. The summed E-state index contributed by atoms with van der Waals surface area (Å²) in [6.45, 7) is 7.19. The highest BCUT2D eigenvalue weighted by Crippen LogP contribution is 2.29. The lowest BCUT2D eigenvalue weighted by Gasteiger charge is -2.17. The normalized spacial score (nSPS) is 11.4. The van der Waals surface area contributed by atoms with Crippen molar-refractivity contribution in [1.29, 1.82) is 0 Å². The molecular formula is C32H29NSi. The van der Waals surface area contributed by atoms with Crippen LogP contribution in [0.15, 0.2) is 122 Å². The molecule has 2 heteroatoms. The van der Waals surface area contributed by atoms with Crippen molar-refractivity contribution in [3.63, 3.8) is 0 Å². The molecule has 5 rings (SSSR count). The van der Waals surface area contributed by atoms with Crippen LogP contribution in [0.5, 0.6) is 0 Å². The summed E-state index contributed by atoms with van der Waals surface area (Å²) in [6, 6.07) is 39.6. The maximum Gasteiger partial charge on any atom is 0.0776 e. The van der Waals surface area contributed by atoms with Crippen molar-refractivity contribution in [2.24, 2.45) is 0 Å². The molecule has 1 nitrogen and oxygen atoms in total. The molecule has 0 amide bonds. The number of hydrogen-bond acceptors (Lipinski definition) is 1. The van der Waals surface area contributed by atoms with Crippen LogP contribution in [0.4, 0.5) is 0 Å². The van der Waals surface area contributed by atoms with Gasteiger partial charge in [-0.2, -0.15) is 0 Å². The molecule has 0 aliphatic rings. The van der Waals surface area contributed by atoms with Crippen LogP contribution < -0.4 is 5.19 Å². The van der Waals surface area contributed by atoms with E-state index in [0.717, 1.165) is 5.56 Å². The summed E-state index contributed by atoms with van der Waals surface area (Å²) in [5.41, 5.74) is 9.81. The van der Waals surface area contributed by atoms with Gasteiger partial charge in [0.1, 0.15) is 0 Å². The first-order valence-corrected chi connectivity index (χ1v) is 15.3. The first kappa shape index (κ1) is 22.1. The molecule has 0 saturated carbocycles. The lowest BCUT2D eigenvalue weighted by atomic mass is 9.97. The van der Waals surface area contributed by atoms with Crippen molar-refractivity contribution in [2.75, 3.05) is 0 Å². The number of pyridine rings is 1. The van der Waals surface area contributed by atoms with Gasteiger partial charge in [-0.1, -0.05) is 128 Å². The van der Waals surface area contributed by atoms with Crippen molar-refractivity contribution >= 4 is 13.3 Å². The number of nitrogens with zero attached hydrogens (tertiary/aromatic N) is 1. The first-order valence-electron chi connectivity index (χ1n) is 11.8. The van der Waals surface area contributed by atoms with Crippen LogP contribution in [-0.2, 0) is 0 Å². The van der Waals surface area contributed by atoms with Crippen LogP contribution in [0.2, 0.25) is 19.6 Å². The largest absolute Gasteiger partial charge is 0.264 e. The number of benzene rings is 4. The first-order chi connectivity index (χ1) is 16.5. The minimum absolute atomic E-state index is 1.14. The van der Waals surface area contributed by atoms with Crippen LogP contribution in [0.3, 0.4) is 0 Å². The van der Waals surface area contributed by atoms with E-state index in [1.165, 1.54) is 44.1 Å². The van der Waals surface area contributed by atoms with Gasteiger partial charge < -0.3 is 0 Å². The zero-order valence-electron chi connectivity index (χ0n) is 20.0. The van der Waals surface area contributed by atoms with Crippen LogP contribution in [0, 0.1) is 0 Å². The molecule has 1 aromatic heterocycles. The van der Waals surface area contributed by atoms with Crippen molar-refractivity contribution in [3.05, 3.63) is 122 Å². The molecule has 34 heavy (non-hydrogen) atoms. The average molecular weight is 456 g/mol. The third-order valence-electron chi connectivity index (χ3n) is 6.38. The Morgan fingerprint density at radius 2 is 0.853 bits per heavy atom. The number of hydrogen-bond donors (Lipinski definition) is 0. The van der Waals surface area contributed by atoms with E-state index >= 15 is 0 Å². The zero-order valence-corrected chi connectivity index (χ0v) is 21.0. The molecule has 0 saturated heterocycles. The molecule has 0 atom stereocenters. The Labute approximate surface area is 203 Å². The Morgan fingerprint density at radius 3 is 1.26 bits per heavy atom. The second-order valence-corrected chi connectivity index (χ2v) is 14.9. The molecule has 0 bridgehead atoms. The Morgan fingerprint density at radius 1 is 0.441 bits per heavy atom. The zero-order chi connectivity index (χ0) is 23.5. The summed E-state index contributed by atoms with van der Waals surface area (Å²) >= 11 is 0. The Bertz CT molecular complexity index is 1380. The van der Waals surface area contributed by atoms with E-state index in [0.29, 0.717) is 0 Å². The van der Waals surface area contributed by atoms with Crippen LogP contribution >= 0.6 is 0 Å². The summed E-state index contributed by atoms with van der Waals surface area (Å²) < 4.78 is 0. The summed E-state index contributed by atoms with van der Waals surface area (Å²) in [6.07, 6.45) is 3.71. The molecule has 166 valence electrons. The predicted molar refractivity (Wildman–Crippen MR) is 149 cm³/mol. The topological polar surface area (TPSA) is 12.9 Å². The highest BCUT2D eigenvalue weighted by atomic mass is 28.3. The molecule has 0 aliphatic heterocycles. The fourth-order valence-electron chi connectivity index (χ4n) is 4.26. The molecule has 0 unspecified atom stereocenters. The summed E-state index contributed by atoms with van der Waals surface area (Å²) in [7, 11) is -1.32. The fourth-order valence-corrected chi connectivity index (χ4v) is 5.45. The van der Waals surface area contributed by atoms with Crippen molar-refractivity contribution < 1.29 is 0 Å². The lowest BCUT2D eigenvalue weighted by molar-refractivity contribution is 1.33. The number of rotatable bonds is 5. The van der Waals surface area contributed by atoms with Crippen LogP contribution in [0.25, 0.3) is 44.5 Å². The second kappa shape index (κ2) is 9.24. The quantitative estimate of drug-likeness (QED) is 0.243. The Balaban J connectivity index is 1.34. The minimum atomic E-state index is -1.32. The third-order valence-corrected chi connectivity index (χ3v) is 8.42. The van der Waals surface area contributed by atoms with Gasteiger partial charge in [-0.3, -0.25) is 4.98 Å². The monoisotopic (exact) mass is 455 g/mol. The third kappa shape index (κ3) is 4.78. The van der Waals surface area contributed by atoms with Gasteiger partial charge in [0.25, 0.3) is 0 Å². The molecule has 0 spiro atoms. The van der Waals surface area contributed by atoms with Crippen LogP contribution in [0.1, 0.15) is 0 Å². The van der Waals surface area contributed by atoms with E-state index in [1.807, 2.05) is 12.3 Å². The highest BCUT2D eigenvalue weighted by Gasteiger charge is 2.16. The Hall–Kier alpha value is -3.75.